The van der Waals surface area contributed by atoms with Crippen molar-refractivity contribution in [2.45, 2.75) is 18.4 Å². The third kappa shape index (κ3) is 4.02. The number of alkyl carbamates (subject to hydrolysis) is 1. The van der Waals surface area contributed by atoms with Crippen LogP contribution in [0.2, 0.25) is 0 Å². The first kappa shape index (κ1) is 21.3. The molecule has 0 spiro atoms. The first-order valence-electron chi connectivity index (χ1n) is 10.4. The van der Waals surface area contributed by atoms with Gasteiger partial charge in [-0.25, -0.2) is 9.59 Å². The molecule has 0 saturated carbocycles. The van der Waals surface area contributed by atoms with Gasteiger partial charge in [-0.1, -0.05) is 64.5 Å². The zero-order valence-electron chi connectivity index (χ0n) is 17.4. The molecule has 2 N–H and O–H groups in total. The van der Waals surface area contributed by atoms with E-state index in [0.29, 0.717) is 21.5 Å². The number of carboxylic acids is 1. The maximum absolute atomic E-state index is 12.6. The first-order valence-corrected chi connectivity index (χ1v) is 11.2. The summed E-state index contributed by atoms with van der Waals surface area (Å²) in [4.78, 5) is 24.5. The summed E-state index contributed by atoms with van der Waals surface area (Å²) in [7, 11) is 0. The fourth-order valence-electron chi connectivity index (χ4n) is 4.38. The molecule has 0 bridgehead atoms. The molecule has 1 aliphatic carbocycles. The van der Waals surface area contributed by atoms with Gasteiger partial charge < -0.3 is 24.6 Å². The second-order valence-corrected chi connectivity index (χ2v) is 8.68. The maximum Gasteiger partial charge on any atom is 0.407 e. The lowest BCUT2D eigenvalue weighted by molar-refractivity contribution is -0.139. The standard InChI is InChI=1S/C25H20BrNO6/c26-20-9-10-22-23(33-13-32-22)18(20)11-21(24(28)29)27-25(30)31-12-19-16-7-3-1-5-14(16)15-6-2-4-8-17(15)19/h1-10,19,21H,11-13H2,(H,27,30)(H,28,29). The van der Waals surface area contributed by atoms with Gasteiger partial charge in [0.2, 0.25) is 6.79 Å². The minimum Gasteiger partial charge on any atom is -0.480 e. The molecule has 0 aromatic heterocycles. The van der Waals surface area contributed by atoms with E-state index in [4.69, 9.17) is 14.2 Å². The van der Waals surface area contributed by atoms with Gasteiger partial charge in [-0.3, -0.25) is 0 Å². The number of amides is 1. The summed E-state index contributed by atoms with van der Waals surface area (Å²) in [5.74, 6) is -0.265. The Morgan fingerprint density at radius 1 is 1.03 bits per heavy atom. The SMILES string of the molecule is O=C(NC(Cc1c(Br)ccc2c1OCO2)C(=O)O)OCC1c2ccccc2-c2ccccc21. The molecule has 7 nitrogen and oxygen atoms in total. The van der Waals surface area contributed by atoms with Crippen molar-refractivity contribution in [2.75, 3.05) is 13.4 Å². The van der Waals surface area contributed by atoms with Crippen LogP contribution in [0, 0.1) is 0 Å². The first-order chi connectivity index (χ1) is 16.0. The fourth-order valence-corrected chi connectivity index (χ4v) is 4.86. The third-order valence-corrected chi connectivity index (χ3v) is 6.67. The van der Waals surface area contributed by atoms with Crippen molar-refractivity contribution in [1.29, 1.82) is 0 Å². The van der Waals surface area contributed by atoms with E-state index in [0.717, 1.165) is 22.3 Å². The summed E-state index contributed by atoms with van der Waals surface area (Å²) in [6, 6.07) is 18.3. The zero-order valence-corrected chi connectivity index (χ0v) is 19.0. The highest BCUT2D eigenvalue weighted by molar-refractivity contribution is 9.10. The minimum atomic E-state index is -1.20. The van der Waals surface area contributed by atoms with Crippen LogP contribution in [0.5, 0.6) is 11.5 Å². The summed E-state index contributed by atoms with van der Waals surface area (Å²) < 4.78 is 17.0. The number of nitrogens with one attached hydrogen (secondary N) is 1. The van der Waals surface area contributed by atoms with E-state index in [1.54, 1.807) is 12.1 Å². The van der Waals surface area contributed by atoms with E-state index in [1.807, 2.05) is 36.4 Å². The third-order valence-electron chi connectivity index (χ3n) is 5.93. The molecule has 3 aromatic carbocycles. The second kappa shape index (κ2) is 8.78. The number of rotatable bonds is 6. The van der Waals surface area contributed by atoms with Crippen LogP contribution >= 0.6 is 15.9 Å². The quantitative estimate of drug-likeness (QED) is 0.499. The predicted molar refractivity (Wildman–Crippen MR) is 124 cm³/mol. The number of carbonyl (C=O) groups excluding carboxylic acids is 1. The predicted octanol–water partition coefficient (Wildman–Crippen LogP) is 4.71. The molecule has 5 rings (SSSR count). The Morgan fingerprint density at radius 3 is 2.36 bits per heavy atom. The number of hydrogen-bond donors (Lipinski definition) is 2. The van der Waals surface area contributed by atoms with Crippen molar-refractivity contribution in [1.82, 2.24) is 5.32 Å². The molecule has 33 heavy (non-hydrogen) atoms. The number of carboxylic acid groups (broad SMARTS) is 1. The molecule has 0 fully saturated rings. The number of fused-ring (bicyclic) bond motifs is 4. The summed E-state index contributed by atoms with van der Waals surface area (Å²) in [5.41, 5.74) is 5.02. The summed E-state index contributed by atoms with van der Waals surface area (Å²) >= 11 is 3.43. The molecular weight excluding hydrogens is 490 g/mol. The maximum atomic E-state index is 12.6. The van der Waals surface area contributed by atoms with Crippen LogP contribution in [-0.4, -0.2) is 36.6 Å². The number of ether oxygens (including phenoxy) is 3. The van der Waals surface area contributed by atoms with Gasteiger partial charge in [0.15, 0.2) is 11.5 Å². The fraction of sp³-hybridized carbons (Fsp3) is 0.200. The highest BCUT2D eigenvalue weighted by Gasteiger charge is 2.31. The number of hydrogen-bond acceptors (Lipinski definition) is 5. The Balaban J connectivity index is 1.29. The zero-order chi connectivity index (χ0) is 22.9. The van der Waals surface area contributed by atoms with Crippen molar-refractivity contribution in [3.05, 3.63) is 81.8 Å². The molecule has 0 radical (unpaired) electrons. The lowest BCUT2D eigenvalue weighted by Gasteiger charge is -2.18. The van der Waals surface area contributed by atoms with Gasteiger partial charge in [-0.2, -0.15) is 0 Å². The van der Waals surface area contributed by atoms with Gasteiger partial charge in [0.05, 0.1) is 0 Å². The second-order valence-electron chi connectivity index (χ2n) is 7.82. The highest BCUT2D eigenvalue weighted by atomic mass is 79.9. The lowest BCUT2D eigenvalue weighted by Crippen LogP contribution is -2.43. The largest absolute Gasteiger partial charge is 0.480 e. The molecule has 1 amide bonds. The molecule has 1 aliphatic heterocycles. The molecule has 3 aromatic rings. The van der Waals surface area contributed by atoms with Crippen molar-refractivity contribution < 1.29 is 28.9 Å². The van der Waals surface area contributed by atoms with Crippen molar-refractivity contribution in [3.63, 3.8) is 0 Å². The van der Waals surface area contributed by atoms with E-state index < -0.39 is 18.1 Å². The Hall–Kier alpha value is -3.52. The molecule has 1 atom stereocenters. The van der Waals surface area contributed by atoms with E-state index in [2.05, 4.69) is 33.4 Å². The van der Waals surface area contributed by atoms with E-state index >= 15 is 0 Å². The van der Waals surface area contributed by atoms with E-state index in [9.17, 15) is 14.7 Å². The number of halogens is 1. The molecule has 168 valence electrons. The van der Waals surface area contributed by atoms with Gasteiger partial charge in [0, 0.05) is 22.4 Å². The Morgan fingerprint density at radius 2 is 1.70 bits per heavy atom. The molecule has 0 saturated heterocycles. The molecule has 1 heterocycles. The Bertz CT molecular complexity index is 1200. The Labute approximate surface area is 198 Å². The van der Waals surface area contributed by atoms with Crippen LogP contribution in [0.3, 0.4) is 0 Å². The molecule has 8 heteroatoms. The number of aliphatic carboxylic acids is 1. The van der Waals surface area contributed by atoms with E-state index in [-0.39, 0.29) is 25.7 Å². The average molecular weight is 510 g/mol. The van der Waals surface area contributed by atoms with Crippen molar-refractivity contribution in [3.8, 4) is 22.6 Å². The topological polar surface area (TPSA) is 94.1 Å². The monoisotopic (exact) mass is 509 g/mol. The average Bonchev–Trinajstić information content (AvgIpc) is 3.42. The molecular formula is C25H20BrNO6. The normalized spacial score (nSPS) is 14.3. The van der Waals surface area contributed by atoms with Crippen molar-refractivity contribution >= 4 is 28.0 Å². The number of carbonyl (C=O) groups is 2. The van der Waals surface area contributed by atoms with Crippen LogP contribution in [0.4, 0.5) is 4.79 Å². The lowest BCUT2D eigenvalue weighted by atomic mass is 9.98. The van der Waals surface area contributed by atoms with Gasteiger partial charge in [-0.15, -0.1) is 0 Å². The molecule has 1 unspecified atom stereocenters. The van der Waals surface area contributed by atoms with Crippen LogP contribution in [0.15, 0.2) is 65.1 Å². The van der Waals surface area contributed by atoms with Crippen molar-refractivity contribution in [2.24, 2.45) is 0 Å². The van der Waals surface area contributed by atoms with Crippen LogP contribution in [0.25, 0.3) is 11.1 Å². The van der Waals surface area contributed by atoms with Gasteiger partial charge in [-0.05, 0) is 34.4 Å². The van der Waals surface area contributed by atoms with Gasteiger partial charge in [0.25, 0.3) is 0 Å². The van der Waals surface area contributed by atoms with Gasteiger partial charge >= 0.3 is 12.1 Å². The summed E-state index contributed by atoms with van der Waals surface area (Å²) in [6.07, 6.45) is -0.780. The van der Waals surface area contributed by atoms with Gasteiger partial charge in [0.1, 0.15) is 12.6 Å². The Kier molecular flexibility index (Phi) is 5.68. The smallest absolute Gasteiger partial charge is 0.407 e. The number of benzene rings is 3. The van der Waals surface area contributed by atoms with Crippen LogP contribution < -0.4 is 14.8 Å². The minimum absolute atomic E-state index is 0.00659. The van der Waals surface area contributed by atoms with E-state index in [1.165, 1.54) is 0 Å². The molecule has 2 aliphatic rings. The summed E-state index contributed by atoms with van der Waals surface area (Å²) in [6.45, 7) is 0.171. The van der Waals surface area contributed by atoms with Crippen LogP contribution in [-0.2, 0) is 16.0 Å². The summed E-state index contributed by atoms with van der Waals surface area (Å²) in [5, 5.41) is 12.2. The van der Waals surface area contributed by atoms with Crippen LogP contribution in [0.1, 0.15) is 22.6 Å². The highest BCUT2D eigenvalue weighted by Crippen LogP contribution is 2.44.